The number of carbonyl (C=O) groups excluding carboxylic acids is 2. The van der Waals surface area contributed by atoms with Gasteiger partial charge in [0.2, 0.25) is 0 Å². The number of esters is 1. The van der Waals surface area contributed by atoms with Gasteiger partial charge in [-0.15, -0.1) is 0 Å². The van der Waals surface area contributed by atoms with Gasteiger partial charge in [0, 0.05) is 22.8 Å². The average molecular weight is 398 g/mol. The molecular formula is C21H20ClN3O3. The van der Waals surface area contributed by atoms with Crippen molar-refractivity contribution in [3.63, 3.8) is 0 Å². The van der Waals surface area contributed by atoms with Gasteiger partial charge in [0.05, 0.1) is 11.3 Å². The fourth-order valence-electron chi connectivity index (χ4n) is 3.53. The number of ether oxygens (including phenoxy) is 1. The Kier molecular flexibility index (Phi) is 5.05. The summed E-state index contributed by atoms with van der Waals surface area (Å²) in [5, 5.41) is 3.85. The van der Waals surface area contributed by atoms with Crippen molar-refractivity contribution in [2.45, 2.75) is 38.7 Å². The number of aromatic amines is 1. The van der Waals surface area contributed by atoms with E-state index in [-0.39, 0.29) is 5.15 Å². The summed E-state index contributed by atoms with van der Waals surface area (Å²) < 4.78 is 5.36. The van der Waals surface area contributed by atoms with Crippen molar-refractivity contribution in [1.82, 2.24) is 9.97 Å². The maximum Gasteiger partial charge on any atom is 0.338 e. The molecule has 4 rings (SSSR count). The molecule has 1 atom stereocenters. The number of carbonyl (C=O) groups is 2. The molecule has 0 bridgehead atoms. The third-order valence-electron chi connectivity index (χ3n) is 5.00. The summed E-state index contributed by atoms with van der Waals surface area (Å²) in [5.41, 5.74) is 4.37. The number of halogens is 1. The molecule has 7 heteroatoms. The number of amides is 1. The van der Waals surface area contributed by atoms with Crippen LogP contribution < -0.4 is 5.32 Å². The Balaban J connectivity index is 1.48. The number of hydrogen-bond donors (Lipinski definition) is 2. The Bertz CT molecular complexity index is 1060. The van der Waals surface area contributed by atoms with E-state index in [0.717, 1.165) is 30.2 Å². The van der Waals surface area contributed by atoms with Crippen molar-refractivity contribution < 1.29 is 14.3 Å². The Morgan fingerprint density at radius 1 is 1.25 bits per heavy atom. The summed E-state index contributed by atoms with van der Waals surface area (Å²) in [6.07, 6.45) is 4.94. The molecule has 0 fully saturated rings. The molecule has 3 aromatic rings. The van der Waals surface area contributed by atoms with E-state index >= 15 is 0 Å². The smallest absolute Gasteiger partial charge is 0.338 e. The summed E-state index contributed by atoms with van der Waals surface area (Å²) in [5.74, 6) is -1.00. The Labute approximate surface area is 167 Å². The van der Waals surface area contributed by atoms with Gasteiger partial charge in [-0.1, -0.05) is 11.6 Å². The molecule has 1 aliphatic carbocycles. The normalized spacial score (nSPS) is 14.4. The predicted molar refractivity (Wildman–Crippen MR) is 108 cm³/mol. The minimum Gasteiger partial charge on any atom is -0.449 e. The molecule has 0 radical (unpaired) electrons. The molecule has 28 heavy (non-hydrogen) atoms. The van der Waals surface area contributed by atoms with E-state index in [9.17, 15) is 9.59 Å². The second-order valence-corrected chi connectivity index (χ2v) is 7.29. The van der Waals surface area contributed by atoms with E-state index in [4.69, 9.17) is 16.3 Å². The topological polar surface area (TPSA) is 84.1 Å². The number of fused-ring (bicyclic) bond motifs is 3. The highest BCUT2D eigenvalue weighted by molar-refractivity contribution is 6.32. The fraction of sp³-hybridized carbons (Fsp3) is 0.286. The van der Waals surface area contributed by atoms with Gasteiger partial charge in [0.15, 0.2) is 11.3 Å². The molecule has 0 spiro atoms. The second kappa shape index (κ2) is 7.64. The number of hydrogen-bond acceptors (Lipinski definition) is 4. The first kappa shape index (κ1) is 18.5. The van der Waals surface area contributed by atoms with Crippen LogP contribution in [-0.2, 0) is 22.4 Å². The summed E-state index contributed by atoms with van der Waals surface area (Å²) in [7, 11) is 0. The van der Waals surface area contributed by atoms with Gasteiger partial charge in [-0.25, -0.2) is 9.78 Å². The fourth-order valence-corrected chi connectivity index (χ4v) is 3.70. The van der Waals surface area contributed by atoms with E-state index in [1.165, 1.54) is 30.8 Å². The van der Waals surface area contributed by atoms with E-state index in [0.29, 0.717) is 11.3 Å². The summed E-state index contributed by atoms with van der Waals surface area (Å²) in [6, 6.07) is 8.75. The number of nitrogens with zero attached hydrogens (tertiary/aromatic N) is 1. The van der Waals surface area contributed by atoms with Crippen molar-refractivity contribution in [2.75, 3.05) is 5.32 Å². The van der Waals surface area contributed by atoms with Crippen molar-refractivity contribution in [2.24, 2.45) is 0 Å². The highest BCUT2D eigenvalue weighted by atomic mass is 35.5. The number of aryl methyl sites for hydroxylation is 2. The van der Waals surface area contributed by atoms with Gasteiger partial charge in [-0.2, -0.15) is 0 Å². The zero-order valence-electron chi connectivity index (χ0n) is 15.4. The molecule has 0 saturated carbocycles. The number of nitrogens with one attached hydrogen (secondary N) is 2. The lowest BCUT2D eigenvalue weighted by molar-refractivity contribution is -0.123. The third kappa shape index (κ3) is 3.60. The average Bonchev–Trinajstić information content (AvgIpc) is 3.07. The minimum atomic E-state index is -0.973. The molecule has 6 nitrogen and oxygen atoms in total. The molecular weight excluding hydrogens is 378 g/mol. The van der Waals surface area contributed by atoms with Crippen LogP contribution in [0.25, 0.3) is 10.9 Å². The number of benzene rings is 1. The first-order chi connectivity index (χ1) is 13.5. The maximum absolute atomic E-state index is 12.6. The van der Waals surface area contributed by atoms with Crippen molar-refractivity contribution in [3.05, 3.63) is 58.5 Å². The maximum atomic E-state index is 12.6. The van der Waals surface area contributed by atoms with Gasteiger partial charge in [-0.3, -0.25) is 4.79 Å². The molecule has 2 aromatic heterocycles. The summed E-state index contributed by atoms with van der Waals surface area (Å²) >= 11 is 5.94. The van der Waals surface area contributed by atoms with Crippen LogP contribution in [0.2, 0.25) is 5.15 Å². The Morgan fingerprint density at radius 2 is 2.07 bits per heavy atom. The van der Waals surface area contributed by atoms with Crippen LogP contribution in [0.3, 0.4) is 0 Å². The minimum absolute atomic E-state index is 0.178. The van der Waals surface area contributed by atoms with Gasteiger partial charge < -0.3 is 15.0 Å². The lowest BCUT2D eigenvalue weighted by atomic mass is 9.95. The molecule has 2 heterocycles. The van der Waals surface area contributed by atoms with Gasteiger partial charge >= 0.3 is 5.97 Å². The molecule has 1 unspecified atom stereocenters. The molecule has 1 amide bonds. The molecule has 144 valence electrons. The first-order valence-electron chi connectivity index (χ1n) is 9.29. The lowest BCUT2D eigenvalue weighted by Gasteiger charge is -2.14. The van der Waals surface area contributed by atoms with E-state index in [1.54, 1.807) is 18.2 Å². The lowest BCUT2D eigenvalue weighted by Crippen LogP contribution is -2.30. The van der Waals surface area contributed by atoms with Crippen LogP contribution in [0.15, 0.2) is 36.5 Å². The molecule has 0 aliphatic heterocycles. The van der Waals surface area contributed by atoms with E-state index in [2.05, 4.69) is 15.3 Å². The van der Waals surface area contributed by atoms with Crippen molar-refractivity contribution >= 4 is 40.1 Å². The number of rotatable bonds is 4. The van der Waals surface area contributed by atoms with Gasteiger partial charge in [0.25, 0.3) is 5.91 Å². The Morgan fingerprint density at radius 3 is 2.89 bits per heavy atom. The first-order valence-corrected chi connectivity index (χ1v) is 9.66. The highest BCUT2D eigenvalue weighted by Gasteiger charge is 2.21. The van der Waals surface area contributed by atoms with Crippen molar-refractivity contribution in [1.29, 1.82) is 0 Å². The largest absolute Gasteiger partial charge is 0.449 e. The zero-order valence-corrected chi connectivity index (χ0v) is 16.2. The van der Waals surface area contributed by atoms with Crippen LogP contribution in [0.5, 0.6) is 0 Å². The second-order valence-electron chi connectivity index (χ2n) is 6.93. The monoisotopic (exact) mass is 397 g/mol. The molecule has 1 aliphatic rings. The van der Waals surface area contributed by atoms with E-state index in [1.807, 2.05) is 12.1 Å². The summed E-state index contributed by atoms with van der Waals surface area (Å²) in [4.78, 5) is 32.2. The predicted octanol–water partition coefficient (Wildman–Crippen LogP) is 4.28. The number of aromatic nitrogens is 2. The number of H-pyrrole nitrogens is 1. The van der Waals surface area contributed by atoms with Crippen LogP contribution in [0.4, 0.5) is 5.69 Å². The molecule has 0 saturated heterocycles. The van der Waals surface area contributed by atoms with Crippen molar-refractivity contribution in [3.8, 4) is 0 Å². The number of pyridine rings is 1. The van der Waals surface area contributed by atoms with E-state index < -0.39 is 18.0 Å². The summed E-state index contributed by atoms with van der Waals surface area (Å²) in [6.45, 7) is 1.52. The zero-order chi connectivity index (χ0) is 19.7. The van der Waals surface area contributed by atoms with Gasteiger partial charge in [-0.05, 0) is 68.5 Å². The van der Waals surface area contributed by atoms with Crippen LogP contribution >= 0.6 is 11.6 Å². The van der Waals surface area contributed by atoms with Crippen LogP contribution in [0.1, 0.15) is 41.4 Å². The number of anilines is 1. The highest BCUT2D eigenvalue weighted by Crippen LogP contribution is 2.30. The molecule has 1 aromatic carbocycles. The Hall–Kier alpha value is -2.86. The van der Waals surface area contributed by atoms with Gasteiger partial charge in [0.1, 0.15) is 0 Å². The van der Waals surface area contributed by atoms with Crippen LogP contribution in [0, 0.1) is 0 Å². The molecule has 2 N–H and O–H groups in total. The third-order valence-corrected chi connectivity index (χ3v) is 5.30. The standard InChI is InChI=1S/C21H20ClN3O3/c1-12(20(26)25-18-7-4-10-23-19(18)22)28-21(27)13-8-9-17-15(11-13)14-5-2-3-6-16(14)24-17/h4,7-12,24H,2-3,5-6H2,1H3,(H,25,26). The SMILES string of the molecule is CC(OC(=O)c1ccc2[nH]c3c(c2c1)CCCC3)C(=O)Nc1cccnc1Cl. The quantitative estimate of drug-likeness (QED) is 0.508. The van der Waals surface area contributed by atoms with Crippen LogP contribution in [-0.4, -0.2) is 27.9 Å².